The van der Waals surface area contributed by atoms with Gasteiger partial charge in [-0.25, -0.2) is 0 Å². The summed E-state index contributed by atoms with van der Waals surface area (Å²) in [6, 6.07) is 15.2. The Labute approximate surface area is 130 Å². The van der Waals surface area contributed by atoms with Gasteiger partial charge in [0.25, 0.3) is 0 Å². The lowest BCUT2D eigenvalue weighted by Crippen LogP contribution is -2.29. The molecule has 2 aromatic rings. The van der Waals surface area contributed by atoms with Gasteiger partial charge in [0.15, 0.2) is 0 Å². The zero-order chi connectivity index (χ0) is 15.8. The van der Waals surface area contributed by atoms with Crippen LogP contribution in [-0.4, -0.2) is 26.7 Å². The van der Waals surface area contributed by atoms with Gasteiger partial charge in [0.1, 0.15) is 11.5 Å². The number of rotatable bonds is 7. The summed E-state index contributed by atoms with van der Waals surface area (Å²) in [4.78, 5) is 11.9. The first-order valence-corrected chi connectivity index (χ1v) is 6.99. The van der Waals surface area contributed by atoms with E-state index in [9.17, 15) is 4.79 Å². The minimum Gasteiger partial charge on any atom is -0.497 e. The number of methoxy groups -OCH3 is 2. The summed E-state index contributed by atoms with van der Waals surface area (Å²) in [7, 11) is 3.18. The first-order valence-electron chi connectivity index (χ1n) is 6.99. The summed E-state index contributed by atoms with van der Waals surface area (Å²) in [5.74, 6) is 1.28. The third kappa shape index (κ3) is 4.41. The van der Waals surface area contributed by atoms with Gasteiger partial charge >= 0.3 is 0 Å². The van der Waals surface area contributed by atoms with Crippen molar-refractivity contribution in [2.75, 3.05) is 26.1 Å². The molecule has 2 aromatic carbocycles. The number of hydrogen-bond donors (Lipinski definition) is 2. The van der Waals surface area contributed by atoms with Crippen LogP contribution >= 0.6 is 0 Å². The maximum Gasteiger partial charge on any atom is 0.239 e. The molecule has 5 nitrogen and oxygen atoms in total. The van der Waals surface area contributed by atoms with Crippen LogP contribution < -0.4 is 20.1 Å². The van der Waals surface area contributed by atoms with Crippen molar-refractivity contribution in [1.82, 2.24) is 5.32 Å². The van der Waals surface area contributed by atoms with Crippen LogP contribution in [0.4, 0.5) is 5.69 Å². The number of anilines is 1. The molecule has 0 saturated carbocycles. The van der Waals surface area contributed by atoms with Gasteiger partial charge in [0, 0.05) is 12.6 Å². The summed E-state index contributed by atoms with van der Waals surface area (Å²) < 4.78 is 10.4. The lowest BCUT2D eigenvalue weighted by atomic mass is 10.2. The minimum absolute atomic E-state index is 0.0891. The molecule has 2 rings (SSSR count). The number of carbonyl (C=O) groups excluding carboxylic acids is 1. The van der Waals surface area contributed by atoms with E-state index >= 15 is 0 Å². The molecule has 0 bridgehead atoms. The van der Waals surface area contributed by atoms with Gasteiger partial charge in [0.2, 0.25) is 5.91 Å². The average Bonchev–Trinajstić information content (AvgIpc) is 2.58. The highest BCUT2D eigenvalue weighted by molar-refractivity contribution is 5.81. The third-order valence-corrected chi connectivity index (χ3v) is 3.18. The van der Waals surface area contributed by atoms with E-state index in [0.717, 1.165) is 11.3 Å². The van der Waals surface area contributed by atoms with Crippen LogP contribution in [0.1, 0.15) is 5.56 Å². The number of amides is 1. The number of ether oxygens (including phenoxy) is 2. The molecule has 0 radical (unpaired) electrons. The van der Waals surface area contributed by atoms with Gasteiger partial charge in [-0.2, -0.15) is 0 Å². The molecule has 22 heavy (non-hydrogen) atoms. The quantitative estimate of drug-likeness (QED) is 0.824. The Hall–Kier alpha value is -2.69. The summed E-state index contributed by atoms with van der Waals surface area (Å²) >= 11 is 0. The van der Waals surface area contributed by atoms with E-state index in [0.29, 0.717) is 18.0 Å². The Balaban J connectivity index is 1.88. The molecule has 0 aromatic heterocycles. The molecule has 116 valence electrons. The average molecular weight is 300 g/mol. The normalized spacial score (nSPS) is 9.91. The first-order chi connectivity index (χ1) is 10.7. The van der Waals surface area contributed by atoms with E-state index in [1.54, 1.807) is 32.4 Å². The van der Waals surface area contributed by atoms with Crippen molar-refractivity contribution >= 4 is 11.6 Å². The fraction of sp³-hybridized carbons (Fsp3) is 0.235. The van der Waals surface area contributed by atoms with Crippen LogP contribution in [0.5, 0.6) is 11.5 Å². The molecular formula is C17H20N2O3. The zero-order valence-corrected chi connectivity index (χ0v) is 12.8. The maximum atomic E-state index is 11.9. The molecule has 1 amide bonds. The molecular weight excluding hydrogens is 280 g/mol. The van der Waals surface area contributed by atoms with Crippen LogP contribution in [0, 0.1) is 0 Å². The maximum absolute atomic E-state index is 11.9. The smallest absolute Gasteiger partial charge is 0.239 e. The first kappa shape index (κ1) is 15.7. The van der Waals surface area contributed by atoms with Crippen LogP contribution in [0.2, 0.25) is 0 Å². The fourth-order valence-electron chi connectivity index (χ4n) is 1.99. The van der Waals surface area contributed by atoms with E-state index in [4.69, 9.17) is 9.47 Å². The van der Waals surface area contributed by atoms with Crippen LogP contribution in [-0.2, 0) is 11.3 Å². The molecule has 0 aliphatic carbocycles. The van der Waals surface area contributed by atoms with Crippen molar-refractivity contribution < 1.29 is 14.3 Å². The molecule has 0 aliphatic rings. The highest BCUT2D eigenvalue weighted by Crippen LogP contribution is 2.28. The lowest BCUT2D eigenvalue weighted by Gasteiger charge is -2.12. The van der Waals surface area contributed by atoms with Gasteiger partial charge in [-0.15, -0.1) is 0 Å². The standard InChI is InChI=1S/C17H20N2O3/c1-21-14-8-9-16(22-2)15(10-14)18-12-17(20)19-11-13-6-4-3-5-7-13/h3-10,18H,11-12H2,1-2H3,(H,19,20). The van der Waals surface area contributed by atoms with E-state index in [1.807, 2.05) is 30.3 Å². The summed E-state index contributed by atoms with van der Waals surface area (Å²) in [6.45, 7) is 0.674. The third-order valence-electron chi connectivity index (χ3n) is 3.18. The number of benzene rings is 2. The monoisotopic (exact) mass is 300 g/mol. The lowest BCUT2D eigenvalue weighted by molar-refractivity contribution is -0.119. The molecule has 0 fully saturated rings. The molecule has 0 unspecified atom stereocenters. The van der Waals surface area contributed by atoms with Gasteiger partial charge in [-0.05, 0) is 17.7 Å². The van der Waals surface area contributed by atoms with Gasteiger partial charge < -0.3 is 20.1 Å². The number of nitrogens with one attached hydrogen (secondary N) is 2. The molecule has 0 atom stereocenters. The number of hydrogen-bond acceptors (Lipinski definition) is 4. The largest absolute Gasteiger partial charge is 0.497 e. The van der Waals surface area contributed by atoms with Crippen molar-refractivity contribution in [3.8, 4) is 11.5 Å². The highest BCUT2D eigenvalue weighted by Gasteiger charge is 2.07. The molecule has 2 N–H and O–H groups in total. The number of carbonyl (C=O) groups is 1. The second kappa shape index (κ2) is 7.93. The Bertz CT molecular complexity index is 615. The predicted molar refractivity (Wildman–Crippen MR) is 86.3 cm³/mol. The molecule has 0 spiro atoms. The summed E-state index contributed by atoms with van der Waals surface area (Å²) in [6.07, 6.45) is 0. The van der Waals surface area contributed by atoms with Crippen molar-refractivity contribution in [1.29, 1.82) is 0 Å². The molecule has 0 aliphatic heterocycles. The second-order valence-electron chi connectivity index (χ2n) is 4.68. The zero-order valence-electron chi connectivity index (χ0n) is 12.8. The molecule has 5 heteroatoms. The van der Waals surface area contributed by atoms with Crippen LogP contribution in [0.15, 0.2) is 48.5 Å². The molecule has 0 saturated heterocycles. The minimum atomic E-state index is -0.0891. The van der Waals surface area contributed by atoms with Gasteiger partial charge in [-0.3, -0.25) is 4.79 Å². The van der Waals surface area contributed by atoms with Crippen molar-refractivity contribution in [2.24, 2.45) is 0 Å². The second-order valence-corrected chi connectivity index (χ2v) is 4.68. The van der Waals surface area contributed by atoms with Crippen LogP contribution in [0.25, 0.3) is 0 Å². The Morgan fingerprint density at radius 1 is 1.05 bits per heavy atom. The highest BCUT2D eigenvalue weighted by atomic mass is 16.5. The summed E-state index contributed by atoms with van der Waals surface area (Å²) in [5, 5.41) is 5.92. The van der Waals surface area contributed by atoms with Gasteiger partial charge in [0.05, 0.1) is 26.5 Å². The summed E-state index contributed by atoms with van der Waals surface area (Å²) in [5.41, 5.74) is 1.78. The SMILES string of the molecule is COc1ccc(OC)c(NCC(=O)NCc2ccccc2)c1. The van der Waals surface area contributed by atoms with E-state index < -0.39 is 0 Å². The van der Waals surface area contributed by atoms with Crippen molar-refractivity contribution in [2.45, 2.75) is 6.54 Å². The fourth-order valence-corrected chi connectivity index (χ4v) is 1.99. The topological polar surface area (TPSA) is 59.6 Å². The Morgan fingerprint density at radius 2 is 1.82 bits per heavy atom. The van der Waals surface area contributed by atoms with Crippen LogP contribution in [0.3, 0.4) is 0 Å². The van der Waals surface area contributed by atoms with E-state index in [1.165, 1.54) is 0 Å². The van der Waals surface area contributed by atoms with Gasteiger partial charge in [-0.1, -0.05) is 30.3 Å². The van der Waals surface area contributed by atoms with Crippen molar-refractivity contribution in [3.63, 3.8) is 0 Å². The van der Waals surface area contributed by atoms with E-state index in [-0.39, 0.29) is 12.5 Å². The Morgan fingerprint density at radius 3 is 2.50 bits per heavy atom. The molecule has 0 heterocycles. The van der Waals surface area contributed by atoms with E-state index in [2.05, 4.69) is 10.6 Å². The predicted octanol–water partition coefficient (Wildman–Crippen LogP) is 2.43. The Kier molecular flexibility index (Phi) is 5.65. The van der Waals surface area contributed by atoms with Crippen molar-refractivity contribution in [3.05, 3.63) is 54.1 Å².